The fraction of sp³-hybridized carbons (Fsp3) is 0.217. The number of hydrogen-bond acceptors (Lipinski definition) is 2. The van der Waals surface area contributed by atoms with Gasteiger partial charge in [-0.25, -0.2) is 4.39 Å². The summed E-state index contributed by atoms with van der Waals surface area (Å²) in [6.45, 7) is -1.04. The van der Waals surface area contributed by atoms with E-state index in [-0.39, 0.29) is 17.9 Å². The van der Waals surface area contributed by atoms with Crippen molar-refractivity contribution in [1.82, 2.24) is 0 Å². The highest BCUT2D eigenvalue weighted by Gasteiger charge is 2.41. The van der Waals surface area contributed by atoms with Crippen molar-refractivity contribution in [2.75, 3.05) is 11.9 Å². The Bertz CT molecular complexity index is 1020. The summed E-state index contributed by atoms with van der Waals surface area (Å²) in [6.07, 6.45) is -9.36. The molecule has 3 rings (SSSR count). The first-order chi connectivity index (χ1) is 15.0. The van der Waals surface area contributed by atoms with E-state index < -0.39 is 36.3 Å². The maximum absolute atomic E-state index is 14.1. The monoisotopic (exact) mass is 457 g/mol. The van der Waals surface area contributed by atoms with E-state index in [4.69, 9.17) is 4.74 Å². The lowest BCUT2D eigenvalue weighted by atomic mass is 9.98. The summed E-state index contributed by atoms with van der Waals surface area (Å²) in [7, 11) is 0. The molecule has 0 bridgehead atoms. The number of ether oxygens (including phenoxy) is 1. The molecule has 1 unspecified atom stereocenters. The van der Waals surface area contributed by atoms with Gasteiger partial charge < -0.3 is 10.1 Å². The maximum Gasteiger partial charge on any atom is 0.416 e. The molecule has 170 valence electrons. The van der Waals surface area contributed by atoms with Crippen LogP contribution in [0.3, 0.4) is 0 Å². The topological polar surface area (TPSA) is 21.3 Å². The normalized spacial score (nSPS) is 13.1. The van der Waals surface area contributed by atoms with Gasteiger partial charge in [0.2, 0.25) is 0 Å². The van der Waals surface area contributed by atoms with Gasteiger partial charge in [0.15, 0.2) is 0 Å². The number of halogens is 7. The van der Waals surface area contributed by atoms with Crippen LogP contribution in [0.15, 0.2) is 72.8 Å². The lowest BCUT2D eigenvalue weighted by Gasteiger charge is -2.21. The first-order valence-electron chi connectivity index (χ1n) is 9.46. The second kappa shape index (κ2) is 9.60. The van der Waals surface area contributed by atoms with Gasteiger partial charge in [-0.15, -0.1) is 0 Å². The van der Waals surface area contributed by atoms with Crippen molar-refractivity contribution >= 4 is 11.4 Å². The highest BCUT2D eigenvalue weighted by molar-refractivity contribution is 5.60. The van der Waals surface area contributed by atoms with E-state index in [0.717, 1.165) is 12.1 Å². The summed E-state index contributed by atoms with van der Waals surface area (Å²) in [5.41, 5.74) is -0.182. The van der Waals surface area contributed by atoms with Gasteiger partial charge in [-0.1, -0.05) is 36.4 Å². The van der Waals surface area contributed by atoms with E-state index in [9.17, 15) is 30.7 Å². The van der Waals surface area contributed by atoms with E-state index in [1.54, 1.807) is 30.3 Å². The van der Waals surface area contributed by atoms with Crippen molar-refractivity contribution in [3.8, 4) is 0 Å². The van der Waals surface area contributed by atoms with Crippen molar-refractivity contribution in [1.29, 1.82) is 0 Å². The van der Waals surface area contributed by atoms with Crippen molar-refractivity contribution in [2.45, 2.75) is 24.9 Å². The first-order valence-corrected chi connectivity index (χ1v) is 9.46. The molecule has 0 saturated carbocycles. The van der Waals surface area contributed by atoms with Crippen molar-refractivity contribution in [3.63, 3.8) is 0 Å². The second-order valence-corrected chi connectivity index (χ2v) is 7.03. The summed E-state index contributed by atoms with van der Waals surface area (Å²) < 4.78 is 97.7. The third-order valence-corrected chi connectivity index (χ3v) is 4.67. The van der Waals surface area contributed by atoms with Gasteiger partial charge in [0.05, 0.1) is 24.5 Å². The van der Waals surface area contributed by atoms with E-state index in [0.29, 0.717) is 23.4 Å². The predicted octanol–water partition coefficient (Wildman–Crippen LogP) is 7.45. The first kappa shape index (κ1) is 23.6. The summed E-state index contributed by atoms with van der Waals surface area (Å²) in [5.74, 6) is -2.65. The van der Waals surface area contributed by atoms with Crippen molar-refractivity contribution < 1.29 is 35.5 Å². The van der Waals surface area contributed by atoms with Gasteiger partial charge >= 0.3 is 12.4 Å². The van der Waals surface area contributed by atoms with Gasteiger partial charge in [0.1, 0.15) is 11.7 Å². The van der Waals surface area contributed by atoms with Crippen LogP contribution in [0, 0.1) is 5.82 Å². The van der Waals surface area contributed by atoms with Crippen LogP contribution >= 0.6 is 0 Å². The van der Waals surface area contributed by atoms with Crippen LogP contribution in [0.5, 0.6) is 0 Å². The Labute approximate surface area is 179 Å². The van der Waals surface area contributed by atoms with Gasteiger partial charge in [-0.05, 0) is 47.5 Å². The molecular formula is C23H18F7NO. The molecule has 0 aliphatic rings. The molecule has 3 aromatic carbocycles. The summed E-state index contributed by atoms with van der Waals surface area (Å²) in [6, 6.07) is 15.5. The Kier molecular flexibility index (Phi) is 7.08. The quantitative estimate of drug-likeness (QED) is 0.372. The molecule has 0 saturated heterocycles. The largest absolute Gasteiger partial charge is 0.416 e. The summed E-state index contributed by atoms with van der Waals surface area (Å²) in [4.78, 5) is 0. The van der Waals surface area contributed by atoms with E-state index in [1.165, 1.54) is 18.2 Å². The van der Waals surface area contributed by atoms with Crippen molar-refractivity contribution in [2.24, 2.45) is 0 Å². The van der Waals surface area contributed by atoms with E-state index >= 15 is 0 Å². The van der Waals surface area contributed by atoms with Crippen LogP contribution in [0.2, 0.25) is 0 Å². The number of alkyl halides is 6. The molecule has 1 atom stereocenters. The number of nitrogens with one attached hydrogen (secondary N) is 1. The van der Waals surface area contributed by atoms with E-state index in [2.05, 4.69) is 5.32 Å². The Balaban J connectivity index is 1.68. The summed E-state index contributed by atoms with van der Waals surface area (Å²) in [5, 5.41) is 2.88. The number of rotatable bonds is 7. The third-order valence-electron chi connectivity index (χ3n) is 4.67. The number of hydrogen-bond donors (Lipinski definition) is 1. The van der Waals surface area contributed by atoms with Crippen LogP contribution in [-0.4, -0.2) is 12.8 Å². The third kappa shape index (κ3) is 6.23. The Morgan fingerprint density at radius 3 is 2.06 bits per heavy atom. The van der Waals surface area contributed by atoms with Crippen LogP contribution in [0.4, 0.5) is 42.1 Å². The molecule has 0 aliphatic heterocycles. The smallest absolute Gasteiger partial charge is 0.376 e. The van der Waals surface area contributed by atoms with Gasteiger partial charge in [-0.3, -0.25) is 0 Å². The highest BCUT2D eigenvalue weighted by atomic mass is 19.4. The molecule has 0 amide bonds. The lowest BCUT2D eigenvalue weighted by molar-refractivity contribution is -0.163. The molecule has 0 aromatic heterocycles. The molecule has 0 radical (unpaired) electrons. The fourth-order valence-electron chi connectivity index (χ4n) is 3.01. The molecule has 1 N–H and O–H groups in total. The minimum atomic E-state index is -4.72. The second-order valence-electron chi connectivity index (χ2n) is 7.03. The molecule has 9 heteroatoms. The van der Waals surface area contributed by atoms with Gasteiger partial charge in [0, 0.05) is 5.69 Å². The highest BCUT2D eigenvalue weighted by Crippen LogP contribution is 2.37. The Morgan fingerprint density at radius 1 is 0.812 bits per heavy atom. The van der Waals surface area contributed by atoms with Crippen LogP contribution in [0.1, 0.15) is 22.6 Å². The SMILES string of the molecule is Fc1ccc(COCC(c2ccc(C(F)(F)F)cc2)C(F)(F)F)cc1Nc1ccccc1. The van der Waals surface area contributed by atoms with Crippen LogP contribution in [-0.2, 0) is 17.5 Å². The number of para-hydroxylation sites is 1. The average Bonchev–Trinajstić information content (AvgIpc) is 2.73. The van der Waals surface area contributed by atoms with Crippen LogP contribution < -0.4 is 5.32 Å². The van der Waals surface area contributed by atoms with Gasteiger partial charge in [0.25, 0.3) is 0 Å². The molecule has 0 heterocycles. The molecule has 2 nitrogen and oxygen atoms in total. The van der Waals surface area contributed by atoms with Crippen LogP contribution in [0.25, 0.3) is 0 Å². The predicted molar refractivity (Wildman–Crippen MR) is 106 cm³/mol. The lowest BCUT2D eigenvalue weighted by Crippen LogP contribution is -2.25. The zero-order valence-corrected chi connectivity index (χ0v) is 16.5. The van der Waals surface area contributed by atoms with Crippen molar-refractivity contribution in [3.05, 3.63) is 95.3 Å². The number of benzene rings is 3. The number of anilines is 2. The van der Waals surface area contributed by atoms with Gasteiger partial charge in [-0.2, -0.15) is 26.3 Å². The zero-order chi connectivity index (χ0) is 23.4. The molecule has 0 aliphatic carbocycles. The Hall–Kier alpha value is -3.07. The Morgan fingerprint density at radius 2 is 1.47 bits per heavy atom. The zero-order valence-electron chi connectivity index (χ0n) is 16.5. The molecule has 0 spiro atoms. The average molecular weight is 457 g/mol. The molecule has 32 heavy (non-hydrogen) atoms. The molecule has 0 fully saturated rings. The summed E-state index contributed by atoms with van der Waals surface area (Å²) >= 11 is 0. The molecular weight excluding hydrogens is 439 g/mol. The fourth-order valence-corrected chi connectivity index (χ4v) is 3.01. The minimum Gasteiger partial charge on any atom is -0.376 e. The minimum absolute atomic E-state index is 0.132. The molecule has 3 aromatic rings. The van der Waals surface area contributed by atoms with E-state index in [1.807, 2.05) is 0 Å². The maximum atomic E-state index is 14.1. The standard InChI is InChI=1S/C23H18F7NO/c24-20-11-6-15(12-21(20)31-18-4-2-1-3-5-18)13-32-14-19(23(28,29)30)16-7-9-17(10-8-16)22(25,26)27/h1-12,19,31H,13-14H2.